The number of Topliss-reactive ketones (excluding diaryl/α,β-unsaturated/α-hetero) is 1. The fourth-order valence-electron chi connectivity index (χ4n) is 8.55. The lowest BCUT2D eigenvalue weighted by Gasteiger charge is -2.51. The number of amides is 1. The molecule has 1 amide bonds. The van der Waals surface area contributed by atoms with Gasteiger partial charge in [-0.2, -0.15) is 0 Å². The zero-order chi connectivity index (χ0) is 46.5. The van der Waals surface area contributed by atoms with E-state index in [-0.39, 0.29) is 51.6 Å². The molecule has 1 spiro atoms. The molecule has 1 aromatic heterocycles. The van der Waals surface area contributed by atoms with Crippen molar-refractivity contribution >= 4 is 69.7 Å². The van der Waals surface area contributed by atoms with E-state index in [4.69, 9.17) is 33.9 Å². The number of hydrogen-bond acceptors (Lipinski definition) is 13. The van der Waals surface area contributed by atoms with Gasteiger partial charge in [0.15, 0.2) is 17.4 Å². The van der Waals surface area contributed by atoms with Gasteiger partial charge in [-0.15, -0.1) is 0 Å². The van der Waals surface area contributed by atoms with Crippen LogP contribution in [0.25, 0.3) is 0 Å². The number of nitrogens with two attached hydrogens (primary N) is 2. The number of amidine groups is 2. The second-order valence-corrected chi connectivity index (χ2v) is 19.6. The van der Waals surface area contributed by atoms with Gasteiger partial charge >= 0.3 is 0 Å². The lowest BCUT2D eigenvalue weighted by atomic mass is 9.57. The van der Waals surface area contributed by atoms with E-state index in [2.05, 4.69) is 45.9 Å². The number of ketones is 1. The minimum Gasteiger partial charge on any atom is -0.508 e. The van der Waals surface area contributed by atoms with E-state index in [0.29, 0.717) is 39.3 Å². The van der Waals surface area contributed by atoms with Gasteiger partial charge in [-0.05, 0) is 111 Å². The van der Waals surface area contributed by atoms with Crippen molar-refractivity contribution in [3.05, 3.63) is 82.5 Å². The molecule has 3 heterocycles. The van der Waals surface area contributed by atoms with Crippen LogP contribution in [0.3, 0.4) is 0 Å². The van der Waals surface area contributed by atoms with Crippen molar-refractivity contribution in [1.29, 1.82) is 10.8 Å². The van der Waals surface area contributed by atoms with Gasteiger partial charge in [0.1, 0.15) is 28.2 Å². The summed E-state index contributed by atoms with van der Waals surface area (Å²) in [5, 5.41) is 42.5. The van der Waals surface area contributed by atoms with Gasteiger partial charge in [-0.1, -0.05) is 75.7 Å². The Morgan fingerprint density at radius 2 is 1.64 bits per heavy atom. The summed E-state index contributed by atoms with van der Waals surface area (Å²) < 4.78 is 0. The van der Waals surface area contributed by atoms with Crippen molar-refractivity contribution in [1.82, 2.24) is 14.9 Å². The van der Waals surface area contributed by atoms with Gasteiger partial charge in [-0.3, -0.25) is 30.2 Å². The first kappa shape index (κ1) is 48.2. The Balaban J connectivity index is 0.00000220. The number of halogens is 1. The number of phenols is 2. The number of nitrogens with one attached hydrogen (secondary N) is 3. The van der Waals surface area contributed by atoms with E-state index < -0.39 is 11.6 Å². The van der Waals surface area contributed by atoms with Crippen LogP contribution in [0.5, 0.6) is 11.5 Å². The molecular weight excluding hydrogens is 848 g/mol. The first-order chi connectivity index (χ1) is 30.3. The monoisotopic (exact) mass is 910 g/mol. The lowest BCUT2D eigenvalue weighted by molar-refractivity contribution is -0.129. The van der Waals surface area contributed by atoms with Gasteiger partial charge in [-0.25, -0.2) is 9.97 Å². The summed E-state index contributed by atoms with van der Waals surface area (Å²) in [6.45, 7) is 15.4. The molecule has 3 fully saturated rings. The molecule has 16 heteroatoms. The molecule has 1 saturated carbocycles. The first-order valence-electron chi connectivity index (χ1n) is 22.1. The van der Waals surface area contributed by atoms with Crippen LogP contribution in [-0.4, -0.2) is 80.2 Å². The van der Waals surface area contributed by atoms with E-state index >= 15 is 0 Å². The molecular formula is C48H63ClN10O4S. The highest BCUT2D eigenvalue weighted by Gasteiger charge is 2.48. The molecule has 3 aromatic carbocycles. The number of carbonyl (C=O) groups excluding carboxylic acids is 2. The quantitative estimate of drug-likeness (QED) is 0.0553. The zero-order valence-corrected chi connectivity index (χ0v) is 39.4. The third-order valence-electron chi connectivity index (χ3n) is 12.5. The summed E-state index contributed by atoms with van der Waals surface area (Å²) in [6.07, 6.45) is 8.35. The van der Waals surface area contributed by atoms with Crippen molar-refractivity contribution in [2.75, 3.05) is 47.0 Å². The van der Waals surface area contributed by atoms with Crippen molar-refractivity contribution in [3.8, 4) is 11.5 Å². The van der Waals surface area contributed by atoms with Crippen molar-refractivity contribution in [3.63, 3.8) is 0 Å². The van der Waals surface area contributed by atoms with E-state index in [1.165, 1.54) is 42.1 Å². The Labute approximate surface area is 386 Å². The summed E-state index contributed by atoms with van der Waals surface area (Å²) in [5.41, 5.74) is 15.3. The van der Waals surface area contributed by atoms with E-state index in [1.54, 1.807) is 24.4 Å². The largest absolute Gasteiger partial charge is 0.508 e. The number of anilines is 4. The topological polar surface area (TPSA) is 222 Å². The smallest absolute Gasteiger partial charge is 0.227 e. The minimum atomic E-state index is -0.532. The lowest BCUT2D eigenvalue weighted by Crippen LogP contribution is -2.49. The average molecular weight is 912 g/mol. The fourth-order valence-corrected chi connectivity index (χ4v) is 9.65. The Morgan fingerprint density at radius 1 is 1.00 bits per heavy atom. The van der Waals surface area contributed by atoms with Gasteiger partial charge in [0, 0.05) is 54.7 Å². The highest BCUT2D eigenvalue weighted by molar-refractivity contribution is 7.99. The second-order valence-electron chi connectivity index (χ2n) is 18.2. The van der Waals surface area contributed by atoms with E-state index in [0.717, 1.165) is 81.0 Å². The van der Waals surface area contributed by atoms with Crippen molar-refractivity contribution in [2.45, 2.75) is 114 Å². The standard InChI is InChI=1S/C45H55ClN10O4S.C3H8/c1-26(2)31-20-32(35(59)21-34(31)58)41(49)56(40(48)27(3)57)30-10-8-28(9-11-30)25-54-16-14-45(15-17-54)22-29(23-45)42(60)52-33-6-5-7-36(38(33)46)61-43-39(47)53-37(24-51-43)55-18-12-44(4,50)13-19-55;1-3-2/h5-11,20-21,24,26,29,48-49,58-59H,12-19,22-23,25,50H2,1-4H3,(H2,47,53)(H,52,60);3H2,1-2H3. The molecule has 2 saturated heterocycles. The summed E-state index contributed by atoms with van der Waals surface area (Å²) >= 11 is 8.16. The fraction of sp³-hybridized carbons (Fsp3) is 0.458. The number of nitrogen functional groups attached to an aromatic ring is 1. The molecule has 14 nitrogen and oxygen atoms in total. The summed E-state index contributed by atoms with van der Waals surface area (Å²) in [5.74, 6) is -0.741. The Morgan fingerprint density at radius 3 is 2.23 bits per heavy atom. The molecule has 3 aliphatic rings. The summed E-state index contributed by atoms with van der Waals surface area (Å²) in [7, 11) is 0. The molecule has 342 valence electrons. The maximum absolute atomic E-state index is 13.5. The van der Waals surface area contributed by atoms with Crippen LogP contribution in [0.15, 0.2) is 70.7 Å². The summed E-state index contributed by atoms with van der Waals surface area (Å²) in [6, 6.07) is 15.7. The molecule has 0 bridgehead atoms. The number of piperidine rings is 2. The van der Waals surface area contributed by atoms with Crippen LogP contribution < -0.4 is 26.6 Å². The van der Waals surface area contributed by atoms with Crippen molar-refractivity contribution in [2.24, 2.45) is 17.1 Å². The summed E-state index contributed by atoms with van der Waals surface area (Å²) in [4.78, 5) is 41.6. The number of carbonyl (C=O) groups is 2. The molecule has 9 N–H and O–H groups in total. The maximum atomic E-state index is 13.5. The first-order valence-corrected chi connectivity index (χ1v) is 23.3. The van der Waals surface area contributed by atoms with Crippen LogP contribution in [0.4, 0.5) is 23.0 Å². The number of nitrogens with zero attached hydrogens (tertiary/aromatic N) is 5. The van der Waals surface area contributed by atoms with Gasteiger partial charge in [0.2, 0.25) is 5.91 Å². The number of aromatic hydroxyl groups is 2. The predicted octanol–water partition coefficient (Wildman–Crippen LogP) is 9.16. The molecule has 0 unspecified atom stereocenters. The van der Waals surface area contributed by atoms with Crippen LogP contribution in [0.1, 0.15) is 109 Å². The normalized spacial score (nSPS) is 17.0. The Bertz CT molecular complexity index is 2350. The van der Waals surface area contributed by atoms with Gasteiger partial charge < -0.3 is 31.9 Å². The van der Waals surface area contributed by atoms with Crippen LogP contribution in [0, 0.1) is 22.2 Å². The number of aromatic nitrogens is 2. The van der Waals surface area contributed by atoms with Gasteiger partial charge in [0.25, 0.3) is 0 Å². The minimum absolute atomic E-state index is 0.0306. The number of phenolic OH excluding ortho intramolecular Hbond substituents is 2. The van der Waals surface area contributed by atoms with Gasteiger partial charge in [0.05, 0.1) is 22.5 Å². The number of rotatable bonds is 11. The molecule has 0 radical (unpaired) electrons. The molecule has 2 aliphatic heterocycles. The number of hydrogen-bond donors (Lipinski definition) is 7. The van der Waals surface area contributed by atoms with Crippen LogP contribution >= 0.6 is 23.4 Å². The third kappa shape index (κ3) is 11.2. The van der Waals surface area contributed by atoms with Crippen LogP contribution in [-0.2, 0) is 16.1 Å². The highest BCUT2D eigenvalue weighted by atomic mass is 35.5. The highest BCUT2D eigenvalue weighted by Crippen LogP contribution is 2.53. The maximum Gasteiger partial charge on any atom is 0.227 e. The SMILES string of the molecule is CC(=O)C(=N)N(C(=N)c1cc(C(C)C)c(O)cc1O)c1ccc(CN2CCC3(CC2)CC(C(=O)Nc2cccc(Sc4ncc(N5CCC(C)(N)CC5)nc4N)c2Cl)C3)cc1.CCC. The van der Waals surface area contributed by atoms with Crippen molar-refractivity contribution < 1.29 is 19.8 Å². The molecule has 1 aliphatic carbocycles. The Kier molecular flexibility index (Phi) is 15.3. The molecule has 0 atom stereocenters. The Hall–Kier alpha value is -5.22. The molecule has 64 heavy (non-hydrogen) atoms. The van der Waals surface area contributed by atoms with E-state index in [9.17, 15) is 19.8 Å². The average Bonchev–Trinajstić information content (AvgIpc) is 3.23. The second kappa shape index (κ2) is 20.3. The molecule has 4 aromatic rings. The zero-order valence-electron chi connectivity index (χ0n) is 37.8. The predicted molar refractivity (Wildman–Crippen MR) is 258 cm³/mol. The van der Waals surface area contributed by atoms with E-state index in [1.807, 2.05) is 38.1 Å². The van der Waals surface area contributed by atoms with Crippen LogP contribution in [0.2, 0.25) is 5.02 Å². The molecule has 7 rings (SSSR count). The number of benzene rings is 3. The number of likely N-dealkylation sites (tertiary alicyclic amines) is 1. The third-order valence-corrected chi connectivity index (χ3v) is 14.0.